The van der Waals surface area contributed by atoms with Crippen LogP contribution in [-0.4, -0.2) is 29.7 Å². The molecule has 152 valence electrons. The number of fused-ring (bicyclic) bond motifs is 3. The lowest BCUT2D eigenvalue weighted by molar-refractivity contribution is 0.0259. The minimum absolute atomic E-state index is 0.214. The third kappa shape index (κ3) is 4.73. The highest BCUT2D eigenvalue weighted by atomic mass is 32.1. The lowest BCUT2D eigenvalue weighted by atomic mass is 10.1. The summed E-state index contributed by atoms with van der Waals surface area (Å²) in [5, 5.41) is 1.28. The van der Waals surface area contributed by atoms with Crippen LogP contribution in [0.1, 0.15) is 36.8 Å². The topological polar surface area (TPSA) is 38.8 Å². The molecule has 1 aliphatic heterocycles. The van der Waals surface area contributed by atoms with Gasteiger partial charge in [0, 0.05) is 22.7 Å². The predicted octanol–water partition coefficient (Wildman–Crippen LogP) is 5.82. The van der Waals surface area contributed by atoms with Gasteiger partial charge in [-0.25, -0.2) is 4.79 Å². The van der Waals surface area contributed by atoms with E-state index < -0.39 is 5.60 Å². The molecule has 1 amide bonds. The van der Waals surface area contributed by atoms with Crippen molar-refractivity contribution in [1.82, 2.24) is 4.90 Å². The predicted molar refractivity (Wildman–Crippen MR) is 118 cm³/mol. The molecule has 4 nitrogen and oxygen atoms in total. The number of rotatable bonds is 3. The second kappa shape index (κ2) is 8.07. The normalized spacial score (nSPS) is 14.4. The van der Waals surface area contributed by atoms with Gasteiger partial charge < -0.3 is 14.4 Å². The molecule has 29 heavy (non-hydrogen) atoms. The van der Waals surface area contributed by atoms with Crippen LogP contribution in [0.5, 0.6) is 5.75 Å². The number of thiophene rings is 1. The summed E-state index contributed by atoms with van der Waals surface area (Å²) in [6, 6.07) is 16.6. The Balaban J connectivity index is 1.46. The number of carbonyl (C=O) groups excluding carboxylic acids is 1. The van der Waals surface area contributed by atoms with E-state index in [1.54, 1.807) is 0 Å². The Bertz CT molecular complexity index is 1000. The Kier molecular flexibility index (Phi) is 5.50. The molecular formula is C24H27NO3S. The molecular weight excluding hydrogens is 382 g/mol. The SMILES string of the molecule is CC(C)(C)OC(=O)N1CCc2sc3cc(OCc4ccccc4)ccc3c2CC1. The van der Waals surface area contributed by atoms with Crippen LogP contribution in [0, 0.1) is 0 Å². The van der Waals surface area contributed by atoms with Gasteiger partial charge in [0.1, 0.15) is 18.0 Å². The Morgan fingerprint density at radius 1 is 1.07 bits per heavy atom. The Hall–Kier alpha value is -2.53. The molecule has 0 fully saturated rings. The molecule has 0 spiro atoms. The summed E-state index contributed by atoms with van der Waals surface area (Å²) < 4.78 is 12.8. The fourth-order valence-electron chi connectivity index (χ4n) is 3.59. The van der Waals surface area contributed by atoms with Crippen LogP contribution < -0.4 is 4.74 Å². The van der Waals surface area contributed by atoms with Crippen molar-refractivity contribution in [3.05, 3.63) is 64.5 Å². The van der Waals surface area contributed by atoms with Crippen LogP contribution in [0.25, 0.3) is 10.1 Å². The molecule has 1 aromatic heterocycles. The Labute approximate surface area is 176 Å². The molecule has 0 bridgehead atoms. The summed E-state index contributed by atoms with van der Waals surface area (Å²) in [5.41, 5.74) is 2.07. The number of ether oxygens (including phenoxy) is 2. The fourth-order valence-corrected chi connectivity index (χ4v) is 4.86. The molecule has 0 N–H and O–H groups in total. The van der Waals surface area contributed by atoms with Crippen LogP contribution in [0.2, 0.25) is 0 Å². The van der Waals surface area contributed by atoms with Crippen LogP contribution in [0.15, 0.2) is 48.5 Å². The first-order chi connectivity index (χ1) is 13.9. The van der Waals surface area contributed by atoms with Gasteiger partial charge in [-0.15, -0.1) is 11.3 Å². The summed E-state index contributed by atoms with van der Waals surface area (Å²) >= 11 is 1.82. The van der Waals surface area contributed by atoms with E-state index in [1.165, 1.54) is 20.5 Å². The first kappa shape index (κ1) is 19.8. The first-order valence-corrected chi connectivity index (χ1v) is 10.9. The Morgan fingerprint density at radius 2 is 1.83 bits per heavy atom. The van der Waals surface area contributed by atoms with Gasteiger partial charge in [0.15, 0.2) is 0 Å². The lowest BCUT2D eigenvalue weighted by Crippen LogP contribution is -2.38. The van der Waals surface area contributed by atoms with Crippen LogP contribution in [0.3, 0.4) is 0 Å². The molecule has 0 saturated carbocycles. The monoisotopic (exact) mass is 409 g/mol. The standard InChI is InChI=1S/C24H27NO3S/c1-24(2,3)28-23(26)25-13-11-20-19-10-9-18(15-22(19)29-21(20)12-14-25)27-16-17-7-5-4-6-8-17/h4-10,15H,11-14,16H2,1-3H3. The van der Waals surface area contributed by atoms with E-state index in [2.05, 4.69) is 30.3 Å². The number of carbonyl (C=O) groups is 1. The van der Waals surface area contributed by atoms with E-state index in [-0.39, 0.29) is 6.09 Å². The maximum Gasteiger partial charge on any atom is 0.410 e. The van der Waals surface area contributed by atoms with Crippen LogP contribution in [0.4, 0.5) is 4.79 Å². The third-order valence-electron chi connectivity index (χ3n) is 4.99. The second-order valence-electron chi connectivity index (χ2n) is 8.40. The van der Waals surface area contributed by atoms with Gasteiger partial charge in [-0.3, -0.25) is 0 Å². The van der Waals surface area contributed by atoms with Crippen LogP contribution >= 0.6 is 11.3 Å². The number of hydrogen-bond acceptors (Lipinski definition) is 4. The summed E-state index contributed by atoms with van der Waals surface area (Å²) in [7, 11) is 0. The Morgan fingerprint density at radius 3 is 2.59 bits per heavy atom. The van der Waals surface area contributed by atoms with E-state index in [0.717, 1.165) is 24.2 Å². The van der Waals surface area contributed by atoms with Gasteiger partial charge in [0.2, 0.25) is 0 Å². The lowest BCUT2D eigenvalue weighted by Gasteiger charge is -2.26. The summed E-state index contributed by atoms with van der Waals surface area (Å²) in [4.78, 5) is 15.6. The van der Waals surface area contributed by atoms with E-state index in [9.17, 15) is 4.79 Å². The largest absolute Gasteiger partial charge is 0.489 e. The molecule has 2 heterocycles. The van der Waals surface area contributed by atoms with Gasteiger partial charge in [-0.1, -0.05) is 30.3 Å². The van der Waals surface area contributed by atoms with E-state index in [0.29, 0.717) is 19.7 Å². The molecule has 0 unspecified atom stereocenters. The quantitative estimate of drug-likeness (QED) is 0.547. The van der Waals surface area contributed by atoms with Gasteiger partial charge in [0.25, 0.3) is 0 Å². The highest BCUT2D eigenvalue weighted by Crippen LogP contribution is 2.36. The highest BCUT2D eigenvalue weighted by Gasteiger charge is 2.25. The zero-order valence-corrected chi connectivity index (χ0v) is 18.1. The molecule has 4 rings (SSSR count). The maximum atomic E-state index is 12.4. The van der Waals surface area contributed by atoms with E-state index >= 15 is 0 Å². The van der Waals surface area contributed by atoms with Gasteiger partial charge in [-0.05, 0) is 68.3 Å². The number of amides is 1. The van der Waals surface area contributed by atoms with E-state index in [4.69, 9.17) is 9.47 Å². The molecule has 0 aliphatic carbocycles. The second-order valence-corrected chi connectivity index (χ2v) is 9.54. The molecule has 1 aliphatic rings. The average molecular weight is 410 g/mol. The minimum Gasteiger partial charge on any atom is -0.489 e. The highest BCUT2D eigenvalue weighted by molar-refractivity contribution is 7.19. The van der Waals surface area contributed by atoms with Crippen molar-refractivity contribution in [1.29, 1.82) is 0 Å². The first-order valence-electron chi connectivity index (χ1n) is 10.1. The smallest absolute Gasteiger partial charge is 0.410 e. The van der Waals surface area contributed by atoms with Crippen molar-refractivity contribution in [3.8, 4) is 5.75 Å². The number of hydrogen-bond donors (Lipinski definition) is 0. The summed E-state index contributed by atoms with van der Waals surface area (Å²) in [5.74, 6) is 0.896. The number of nitrogens with zero attached hydrogens (tertiary/aromatic N) is 1. The third-order valence-corrected chi connectivity index (χ3v) is 6.24. The van der Waals surface area contributed by atoms with Gasteiger partial charge in [0.05, 0.1) is 0 Å². The van der Waals surface area contributed by atoms with Crippen molar-refractivity contribution >= 4 is 27.5 Å². The zero-order valence-electron chi connectivity index (χ0n) is 17.2. The number of benzene rings is 2. The van der Waals surface area contributed by atoms with E-state index in [1.807, 2.05) is 55.2 Å². The van der Waals surface area contributed by atoms with Gasteiger partial charge >= 0.3 is 6.09 Å². The maximum absolute atomic E-state index is 12.4. The zero-order chi connectivity index (χ0) is 20.4. The summed E-state index contributed by atoms with van der Waals surface area (Å²) in [6.45, 7) is 7.69. The summed E-state index contributed by atoms with van der Waals surface area (Å²) in [6.07, 6.45) is 1.51. The average Bonchev–Trinajstić information content (AvgIpc) is 2.88. The molecule has 5 heteroatoms. The molecule has 3 aromatic rings. The van der Waals surface area contributed by atoms with Crippen molar-refractivity contribution in [2.75, 3.05) is 13.1 Å². The molecule has 0 radical (unpaired) electrons. The van der Waals surface area contributed by atoms with Crippen molar-refractivity contribution in [3.63, 3.8) is 0 Å². The molecule has 0 atom stereocenters. The van der Waals surface area contributed by atoms with Crippen molar-refractivity contribution < 1.29 is 14.3 Å². The van der Waals surface area contributed by atoms with Gasteiger partial charge in [-0.2, -0.15) is 0 Å². The van der Waals surface area contributed by atoms with Crippen LogP contribution in [-0.2, 0) is 24.2 Å². The minimum atomic E-state index is -0.461. The van der Waals surface area contributed by atoms with Crippen molar-refractivity contribution in [2.24, 2.45) is 0 Å². The molecule has 0 saturated heterocycles. The fraction of sp³-hybridized carbons (Fsp3) is 0.375. The van der Waals surface area contributed by atoms with Crippen molar-refractivity contribution in [2.45, 2.75) is 45.8 Å². The molecule has 2 aromatic carbocycles.